The number of aromatic nitrogens is 1. The van der Waals surface area contributed by atoms with Crippen molar-refractivity contribution in [3.8, 4) is 0 Å². The lowest BCUT2D eigenvalue weighted by molar-refractivity contribution is 0.0996. The first-order chi connectivity index (χ1) is 6.58. The van der Waals surface area contributed by atoms with Crippen molar-refractivity contribution in [3.63, 3.8) is 0 Å². The summed E-state index contributed by atoms with van der Waals surface area (Å²) < 4.78 is 12.9. The van der Waals surface area contributed by atoms with E-state index in [4.69, 9.17) is 17.3 Å². The van der Waals surface area contributed by atoms with Crippen molar-refractivity contribution in [3.05, 3.63) is 34.7 Å². The molecule has 0 spiro atoms. The van der Waals surface area contributed by atoms with E-state index in [0.29, 0.717) is 10.9 Å². The Morgan fingerprint density at radius 2 is 2.14 bits per heavy atom. The number of hydrogen-bond donors (Lipinski definition) is 2. The topological polar surface area (TPSA) is 58.9 Å². The Labute approximate surface area is 83.7 Å². The number of H-pyrrole nitrogens is 1. The summed E-state index contributed by atoms with van der Waals surface area (Å²) in [5, 5.41) is 0.839. The molecule has 0 radical (unpaired) electrons. The number of benzene rings is 1. The Balaban J connectivity index is 2.76. The van der Waals surface area contributed by atoms with E-state index in [0.717, 1.165) is 0 Å². The highest BCUT2D eigenvalue weighted by molar-refractivity contribution is 6.35. The minimum absolute atomic E-state index is 0.215. The second-order valence-corrected chi connectivity index (χ2v) is 3.30. The smallest absolute Gasteiger partial charge is 0.265 e. The molecule has 0 unspecified atom stereocenters. The van der Waals surface area contributed by atoms with Crippen molar-refractivity contribution >= 4 is 28.4 Å². The molecule has 1 amide bonds. The van der Waals surface area contributed by atoms with Crippen molar-refractivity contribution in [1.82, 2.24) is 4.98 Å². The summed E-state index contributed by atoms with van der Waals surface area (Å²) in [6.45, 7) is 0. The summed E-state index contributed by atoms with van der Waals surface area (Å²) in [5.41, 5.74) is 5.74. The molecule has 0 atom stereocenters. The summed E-state index contributed by atoms with van der Waals surface area (Å²) in [6, 6.07) is 3.94. The van der Waals surface area contributed by atoms with Gasteiger partial charge in [-0.05, 0) is 18.2 Å². The Hall–Kier alpha value is -1.55. The van der Waals surface area contributed by atoms with Crippen molar-refractivity contribution in [1.29, 1.82) is 0 Å². The largest absolute Gasteiger partial charge is 0.364 e. The zero-order chi connectivity index (χ0) is 10.3. The molecule has 0 aliphatic heterocycles. The molecular formula is C9H6ClFN2O. The van der Waals surface area contributed by atoms with Crippen LogP contribution in [0.25, 0.3) is 10.9 Å². The first-order valence-electron chi connectivity index (χ1n) is 3.85. The third kappa shape index (κ3) is 1.33. The average Bonchev–Trinajstić information content (AvgIpc) is 2.47. The number of halogens is 2. The zero-order valence-corrected chi connectivity index (χ0v) is 7.73. The highest BCUT2D eigenvalue weighted by Crippen LogP contribution is 2.25. The molecule has 1 aromatic carbocycles. The third-order valence-electron chi connectivity index (χ3n) is 1.92. The summed E-state index contributed by atoms with van der Waals surface area (Å²) in [5.74, 6) is -1.06. The van der Waals surface area contributed by atoms with Gasteiger partial charge in [0.1, 0.15) is 11.5 Å². The van der Waals surface area contributed by atoms with Crippen LogP contribution in [-0.2, 0) is 0 Å². The molecule has 0 saturated heterocycles. The van der Waals surface area contributed by atoms with E-state index in [-0.39, 0.29) is 10.7 Å². The lowest BCUT2D eigenvalue weighted by atomic mass is 10.2. The van der Waals surface area contributed by atoms with Gasteiger partial charge < -0.3 is 10.7 Å². The third-order valence-corrected chi connectivity index (χ3v) is 2.23. The minimum atomic E-state index is -0.599. The van der Waals surface area contributed by atoms with Gasteiger partial charge >= 0.3 is 0 Å². The van der Waals surface area contributed by atoms with Crippen LogP contribution >= 0.6 is 11.6 Å². The van der Waals surface area contributed by atoms with E-state index in [9.17, 15) is 9.18 Å². The van der Waals surface area contributed by atoms with E-state index in [1.807, 2.05) is 0 Å². The number of hydrogen-bond acceptors (Lipinski definition) is 1. The van der Waals surface area contributed by atoms with Crippen LogP contribution in [0.3, 0.4) is 0 Å². The number of fused-ring (bicyclic) bond motifs is 1. The standard InChI is InChI=1S/C9H6ClFN2O/c10-6-1-4(11)2-7-5(6)3-8(13-7)9(12)14/h1-3,13H,(H2,12,14). The quantitative estimate of drug-likeness (QED) is 0.747. The molecule has 3 N–H and O–H groups in total. The number of carbonyl (C=O) groups excluding carboxylic acids is 1. The maximum atomic E-state index is 12.9. The molecule has 14 heavy (non-hydrogen) atoms. The molecule has 72 valence electrons. The summed E-state index contributed by atoms with van der Waals surface area (Å²) in [4.78, 5) is 13.5. The molecule has 2 aromatic rings. The van der Waals surface area contributed by atoms with Gasteiger partial charge in [0.2, 0.25) is 0 Å². The molecule has 0 aliphatic rings. The van der Waals surface area contributed by atoms with E-state index in [2.05, 4.69) is 4.98 Å². The van der Waals surface area contributed by atoms with Gasteiger partial charge in [-0.3, -0.25) is 4.79 Å². The molecule has 0 bridgehead atoms. The molecule has 0 fully saturated rings. The van der Waals surface area contributed by atoms with Crippen LogP contribution < -0.4 is 5.73 Å². The molecule has 3 nitrogen and oxygen atoms in total. The SMILES string of the molecule is NC(=O)c1cc2c(Cl)cc(F)cc2[nH]1. The van der Waals surface area contributed by atoms with Crippen molar-refractivity contribution in [2.75, 3.05) is 0 Å². The molecule has 0 aliphatic carbocycles. The second-order valence-electron chi connectivity index (χ2n) is 2.90. The van der Waals surface area contributed by atoms with Crippen molar-refractivity contribution < 1.29 is 9.18 Å². The fraction of sp³-hybridized carbons (Fsp3) is 0. The Morgan fingerprint density at radius 1 is 1.43 bits per heavy atom. The Morgan fingerprint density at radius 3 is 2.79 bits per heavy atom. The van der Waals surface area contributed by atoms with E-state index in [1.54, 1.807) is 0 Å². The van der Waals surface area contributed by atoms with E-state index >= 15 is 0 Å². The van der Waals surface area contributed by atoms with E-state index in [1.165, 1.54) is 18.2 Å². The number of rotatable bonds is 1. The maximum Gasteiger partial charge on any atom is 0.265 e. The predicted octanol–water partition coefficient (Wildman–Crippen LogP) is 2.06. The second kappa shape index (κ2) is 2.99. The van der Waals surface area contributed by atoms with Crippen LogP contribution in [0.1, 0.15) is 10.5 Å². The first-order valence-corrected chi connectivity index (χ1v) is 4.23. The number of nitrogens with two attached hydrogens (primary N) is 1. The molecule has 2 rings (SSSR count). The van der Waals surface area contributed by atoms with Crippen molar-refractivity contribution in [2.24, 2.45) is 5.73 Å². The fourth-order valence-corrected chi connectivity index (χ4v) is 1.55. The van der Waals surface area contributed by atoms with Gasteiger partial charge in [0.25, 0.3) is 5.91 Å². The van der Waals surface area contributed by atoms with Gasteiger partial charge in [-0.25, -0.2) is 4.39 Å². The van der Waals surface area contributed by atoms with Crippen molar-refractivity contribution in [2.45, 2.75) is 0 Å². The number of amides is 1. The Kier molecular flexibility index (Phi) is 1.93. The van der Waals surface area contributed by atoms with Gasteiger partial charge in [0.05, 0.1) is 10.5 Å². The summed E-state index contributed by atoms with van der Waals surface area (Å²) >= 11 is 5.77. The lowest BCUT2D eigenvalue weighted by Gasteiger charge is -1.93. The molecule has 0 saturated carbocycles. The lowest BCUT2D eigenvalue weighted by Crippen LogP contribution is -2.10. The summed E-state index contributed by atoms with van der Waals surface area (Å²) in [6.07, 6.45) is 0. The highest BCUT2D eigenvalue weighted by atomic mass is 35.5. The van der Waals surface area contributed by atoms with Gasteiger partial charge in [-0.1, -0.05) is 11.6 Å². The molecular weight excluding hydrogens is 207 g/mol. The first kappa shape index (κ1) is 9.02. The number of carbonyl (C=O) groups is 1. The van der Waals surface area contributed by atoms with Gasteiger partial charge in [0.15, 0.2) is 0 Å². The van der Waals surface area contributed by atoms with Crippen LogP contribution in [-0.4, -0.2) is 10.9 Å². The van der Waals surface area contributed by atoms with E-state index < -0.39 is 11.7 Å². The predicted molar refractivity (Wildman–Crippen MR) is 51.8 cm³/mol. The molecule has 1 aromatic heterocycles. The van der Waals surface area contributed by atoms with Crippen LogP contribution in [0.2, 0.25) is 5.02 Å². The van der Waals surface area contributed by atoms with Gasteiger partial charge in [0, 0.05) is 5.39 Å². The Bertz CT molecular complexity index is 521. The monoisotopic (exact) mass is 212 g/mol. The normalized spacial score (nSPS) is 10.7. The highest BCUT2D eigenvalue weighted by Gasteiger charge is 2.09. The fourth-order valence-electron chi connectivity index (χ4n) is 1.29. The van der Waals surface area contributed by atoms with Gasteiger partial charge in [-0.2, -0.15) is 0 Å². The van der Waals surface area contributed by atoms with Crippen LogP contribution in [0.4, 0.5) is 4.39 Å². The molecule has 5 heteroatoms. The summed E-state index contributed by atoms with van der Waals surface area (Å²) in [7, 11) is 0. The zero-order valence-electron chi connectivity index (χ0n) is 6.97. The van der Waals surface area contributed by atoms with Gasteiger partial charge in [-0.15, -0.1) is 0 Å². The van der Waals surface area contributed by atoms with Crippen LogP contribution in [0.5, 0.6) is 0 Å². The number of primary amides is 1. The average molecular weight is 213 g/mol. The van der Waals surface area contributed by atoms with Crippen LogP contribution in [0.15, 0.2) is 18.2 Å². The maximum absolute atomic E-state index is 12.9. The molecule has 1 heterocycles. The van der Waals surface area contributed by atoms with Crippen LogP contribution in [0, 0.1) is 5.82 Å². The number of nitrogens with one attached hydrogen (secondary N) is 1. The minimum Gasteiger partial charge on any atom is -0.364 e. The number of aromatic amines is 1.